The Morgan fingerprint density at radius 1 is 0.760 bits per heavy atom. The molecule has 0 heterocycles. The number of hydrogen-bond acceptors (Lipinski definition) is 0. The lowest BCUT2D eigenvalue weighted by Gasteiger charge is -2.42. The Hall–Kier alpha value is -1.27. The van der Waals surface area contributed by atoms with Crippen LogP contribution >= 0.6 is 11.6 Å². The fourth-order valence-corrected chi connectivity index (χ4v) is 5.38. The summed E-state index contributed by atoms with van der Waals surface area (Å²) in [5.74, 6) is 3.79. The molecule has 0 saturated heterocycles. The first kappa shape index (κ1) is 17.2. The summed E-state index contributed by atoms with van der Waals surface area (Å²) in [6, 6.07) is 17.5. The second-order valence-electron chi connectivity index (χ2n) is 8.25. The standard InChI is InChI=1S/C24H29Cl/c1-2-17-3-4-23-16-22(10-9-21(23)15-17)20-7-5-18(6-8-20)19-11-13-24(25)14-12-19/h5-8,11-14,17,21-23H,2-4,9-10,15-16H2,1H3. The Morgan fingerprint density at radius 2 is 1.36 bits per heavy atom. The van der Waals surface area contributed by atoms with Crippen molar-refractivity contribution in [3.8, 4) is 11.1 Å². The van der Waals surface area contributed by atoms with E-state index in [0.29, 0.717) is 0 Å². The minimum Gasteiger partial charge on any atom is -0.0843 e. The van der Waals surface area contributed by atoms with Gasteiger partial charge in [-0.1, -0.05) is 67.8 Å². The zero-order chi connectivity index (χ0) is 17.2. The van der Waals surface area contributed by atoms with Gasteiger partial charge < -0.3 is 0 Å². The van der Waals surface area contributed by atoms with Crippen LogP contribution in [0.3, 0.4) is 0 Å². The smallest absolute Gasteiger partial charge is 0.0406 e. The van der Waals surface area contributed by atoms with Gasteiger partial charge in [0.15, 0.2) is 0 Å². The number of halogens is 1. The summed E-state index contributed by atoms with van der Waals surface area (Å²) in [4.78, 5) is 0. The molecule has 2 aliphatic carbocycles. The monoisotopic (exact) mass is 352 g/mol. The van der Waals surface area contributed by atoms with E-state index < -0.39 is 0 Å². The molecule has 2 aromatic rings. The van der Waals surface area contributed by atoms with Crippen molar-refractivity contribution in [2.45, 2.75) is 57.8 Å². The van der Waals surface area contributed by atoms with E-state index in [-0.39, 0.29) is 0 Å². The van der Waals surface area contributed by atoms with Crippen molar-refractivity contribution >= 4 is 11.6 Å². The van der Waals surface area contributed by atoms with E-state index in [1.807, 2.05) is 12.1 Å². The third-order valence-electron chi connectivity index (χ3n) is 6.86. The van der Waals surface area contributed by atoms with Crippen LogP contribution < -0.4 is 0 Å². The van der Waals surface area contributed by atoms with Crippen molar-refractivity contribution < 1.29 is 0 Å². The van der Waals surface area contributed by atoms with Crippen LogP contribution in [0.2, 0.25) is 5.02 Å². The molecule has 4 unspecified atom stereocenters. The Bertz CT molecular complexity index is 685. The van der Waals surface area contributed by atoms with E-state index in [4.69, 9.17) is 11.6 Å². The van der Waals surface area contributed by atoms with Crippen LogP contribution in [0.1, 0.15) is 63.4 Å². The molecule has 2 saturated carbocycles. The van der Waals surface area contributed by atoms with Gasteiger partial charge in [-0.2, -0.15) is 0 Å². The van der Waals surface area contributed by atoms with Gasteiger partial charge in [0, 0.05) is 5.02 Å². The number of fused-ring (bicyclic) bond motifs is 1. The van der Waals surface area contributed by atoms with Crippen molar-refractivity contribution in [2.24, 2.45) is 17.8 Å². The largest absolute Gasteiger partial charge is 0.0843 e. The lowest BCUT2D eigenvalue weighted by atomic mass is 9.63. The number of rotatable bonds is 3. The minimum atomic E-state index is 0.777. The van der Waals surface area contributed by atoms with Gasteiger partial charge in [0.05, 0.1) is 0 Å². The van der Waals surface area contributed by atoms with Gasteiger partial charge >= 0.3 is 0 Å². The zero-order valence-corrected chi connectivity index (χ0v) is 16.0. The highest BCUT2D eigenvalue weighted by molar-refractivity contribution is 6.30. The highest BCUT2D eigenvalue weighted by atomic mass is 35.5. The highest BCUT2D eigenvalue weighted by Gasteiger charge is 2.35. The number of hydrogen-bond donors (Lipinski definition) is 0. The maximum absolute atomic E-state index is 6.00. The molecule has 4 rings (SSSR count). The summed E-state index contributed by atoms with van der Waals surface area (Å²) in [6.45, 7) is 2.37. The average molecular weight is 353 g/mol. The average Bonchev–Trinajstić information content (AvgIpc) is 2.68. The summed E-state index contributed by atoms with van der Waals surface area (Å²) >= 11 is 6.00. The van der Waals surface area contributed by atoms with Crippen molar-refractivity contribution in [1.82, 2.24) is 0 Å². The van der Waals surface area contributed by atoms with Gasteiger partial charge in [-0.15, -0.1) is 0 Å². The zero-order valence-electron chi connectivity index (χ0n) is 15.3. The van der Waals surface area contributed by atoms with E-state index in [1.54, 1.807) is 5.56 Å². The van der Waals surface area contributed by atoms with Gasteiger partial charge in [0.2, 0.25) is 0 Å². The maximum Gasteiger partial charge on any atom is 0.0406 e. The summed E-state index contributed by atoms with van der Waals surface area (Å²) in [7, 11) is 0. The molecule has 2 aliphatic rings. The third kappa shape index (κ3) is 3.80. The van der Waals surface area contributed by atoms with Crippen LogP contribution in [-0.2, 0) is 0 Å². The first-order valence-corrected chi connectivity index (χ1v) is 10.5. The van der Waals surface area contributed by atoms with Gasteiger partial charge in [0.25, 0.3) is 0 Å². The Morgan fingerprint density at radius 3 is 2.04 bits per heavy atom. The lowest BCUT2D eigenvalue weighted by molar-refractivity contribution is 0.116. The molecule has 25 heavy (non-hydrogen) atoms. The molecule has 1 heteroatoms. The van der Waals surface area contributed by atoms with Crippen molar-refractivity contribution in [1.29, 1.82) is 0 Å². The molecule has 0 radical (unpaired) electrons. The van der Waals surface area contributed by atoms with Crippen LogP contribution in [0.5, 0.6) is 0 Å². The molecule has 0 spiro atoms. The molecule has 2 fully saturated rings. The fourth-order valence-electron chi connectivity index (χ4n) is 5.25. The Kier molecular flexibility index (Phi) is 5.17. The summed E-state index contributed by atoms with van der Waals surface area (Å²) < 4.78 is 0. The van der Waals surface area contributed by atoms with Crippen LogP contribution in [-0.4, -0.2) is 0 Å². The number of benzene rings is 2. The van der Waals surface area contributed by atoms with E-state index in [2.05, 4.69) is 43.3 Å². The third-order valence-corrected chi connectivity index (χ3v) is 7.11. The molecule has 4 atom stereocenters. The molecule has 0 N–H and O–H groups in total. The summed E-state index contributed by atoms with van der Waals surface area (Å²) in [5, 5.41) is 0.801. The predicted octanol–water partition coefficient (Wildman–Crippen LogP) is 7.72. The van der Waals surface area contributed by atoms with Crippen LogP contribution in [0.15, 0.2) is 48.5 Å². The first-order valence-electron chi connectivity index (χ1n) is 10.1. The SMILES string of the molecule is CCC1CCC2CC(c3ccc(-c4ccc(Cl)cc4)cc3)CCC2C1. The Labute approximate surface area is 157 Å². The highest BCUT2D eigenvalue weighted by Crippen LogP contribution is 2.48. The van der Waals surface area contributed by atoms with Crippen LogP contribution in [0.4, 0.5) is 0 Å². The van der Waals surface area contributed by atoms with Gasteiger partial charge in [-0.05, 0) is 84.6 Å². The van der Waals surface area contributed by atoms with E-state index in [9.17, 15) is 0 Å². The fraction of sp³-hybridized carbons (Fsp3) is 0.500. The molecular formula is C24H29Cl. The second kappa shape index (κ2) is 7.54. The van der Waals surface area contributed by atoms with E-state index in [0.717, 1.165) is 28.7 Å². The summed E-state index contributed by atoms with van der Waals surface area (Å²) in [6.07, 6.45) is 10.1. The maximum atomic E-state index is 6.00. The van der Waals surface area contributed by atoms with Crippen molar-refractivity contribution in [3.05, 3.63) is 59.1 Å². The Balaban J connectivity index is 1.43. The van der Waals surface area contributed by atoms with E-state index in [1.165, 1.54) is 56.1 Å². The molecule has 0 amide bonds. The topological polar surface area (TPSA) is 0 Å². The quantitative estimate of drug-likeness (QED) is 0.530. The molecule has 2 aromatic carbocycles. The van der Waals surface area contributed by atoms with Gasteiger partial charge in [-0.25, -0.2) is 0 Å². The van der Waals surface area contributed by atoms with Gasteiger partial charge in [0.1, 0.15) is 0 Å². The van der Waals surface area contributed by atoms with Gasteiger partial charge in [-0.3, -0.25) is 0 Å². The molecule has 0 nitrogen and oxygen atoms in total. The molecule has 0 aromatic heterocycles. The van der Waals surface area contributed by atoms with Crippen LogP contribution in [0.25, 0.3) is 11.1 Å². The minimum absolute atomic E-state index is 0.777. The second-order valence-corrected chi connectivity index (χ2v) is 8.68. The summed E-state index contributed by atoms with van der Waals surface area (Å²) in [5.41, 5.74) is 4.09. The lowest BCUT2D eigenvalue weighted by Crippen LogP contribution is -2.30. The molecule has 0 aliphatic heterocycles. The van der Waals surface area contributed by atoms with Crippen molar-refractivity contribution in [3.63, 3.8) is 0 Å². The van der Waals surface area contributed by atoms with Crippen LogP contribution in [0, 0.1) is 17.8 Å². The normalized spacial score (nSPS) is 29.2. The molecule has 132 valence electrons. The van der Waals surface area contributed by atoms with E-state index >= 15 is 0 Å². The first-order chi connectivity index (χ1) is 12.2. The predicted molar refractivity (Wildman–Crippen MR) is 108 cm³/mol. The van der Waals surface area contributed by atoms with Crippen molar-refractivity contribution in [2.75, 3.05) is 0 Å². The molecule has 0 bridgehead atoms. The molecular weight excluding hydrogens is 324 g/mol.